The van der Waals surface area contributed by atoms with Gasteiger partial charge in [0.2, 0.25) is 0 Å². The van der Waals surface area contributed by atoms with Crippen molar-refractivity contribution in [1.29, 1.82) is 0 Å². The lowest BCUT2D eigenvalue weighted by molar-refractivity contribution is 0.101. The molecular formula is C16H18N2O4. The summed E-state index contributed by atoms with van der Waals surface area (Å²) in [4.78, 5) is 23.8. The number of carbonyl (C=O) groups excluding carboxylic acids is 1. The van der Waals surface area contributed by atoms with Crippen molar-refractivity contribution >= 4 is 5.78 Å². The van der Waals surface area contributed by atoms with Crippen LogP contribution in [0.1, 0.15) is 24.2 Å². The first-order chi connectivity index (χ1) is 10.5. The minimum atomic E-state index is -0.383. The van der Waals surface area contributed by atoms with Crippen LogP contribution in [0.2, 0.25) is 0 Å². The molecule has 1 heterocycles. The first-order valence-corrected chi connectivity index (χ1v) is 6.87. The number of hydrogen-bond acceptors (Lipinski definition) is 5. The van der Waals surface area contributed by atoms with Gasteiger partial charge in [-0.1, -0.05) is 0 Å². The van der Waals surface area contributed by atoms with Crippen molar-refractivity contribution in [3.8, 4) is 22.8 Å². The van der Waals surface area contributed by atoms with Crippen LogP contribution in [-0.2, 0) is 6.54 Å². The van der Waals surface area contributed by atoms with Gasteiger partial charge in [0, 0.05) is 18.2 Å². The van der Waals surface area contributed by atoms with E-state index >= 15 is 0 Å². The maximum atomic E-state index is 12.1. The molecular weight excluding hydrogens is 284 g/mol. The molecule has 0 fully saturated rings. The molecule has 22 heavy (non-hydrogen) atoms. The Bertz CT molecular complexity index is 765. The van der Waals surface area contributed by atoms with Gasteiger partial charge in [0.25, 0.3) is 5.56 Å². The Kier molecular flexibility index (Phi) is 4.60. The first kappa shape index (κ1) is 15.8. The van der Waals surface area contributed by atoms with Gasteiger partial charge >= 0.3 is 0 Å². The molecule has 2 aromatic rings. The van der Waals surface area contributed by atoms with E-state index in [2.05, 4.69) is 5.10 Å². The van der Waals surface area contributed by atoms with Crippen molar-refractivity contribution < 1.29 is 14.3 Å². The summed E-state index contributed by atoms with van der Waals surface area (Å²) in [7, 11) is 3.11. The zero-order valence-electron chi connectivity index (χ0n) is 13.0. The van der Waals surface area contributed by atoms with Gasteiger partial charge in [0.1, 0.15) is 11.5 Å². The van der Waals surface area contributed by atoms with E-state index in [4.69, 9.17) is 9.47 Å². The molecule has 0 saturated heterocycles. The smallest absolute Gasteiger partial charge is 0.277 e. The highest BCUT2D eigenvalue weighted by Crippen LogP contribution is 2.32. The molecule has 0 atom stereocenters. The summed E-state index contributed by atoms with van der Waals surface area (Å²) < 4.78 is 11.8. The Hall–Kier alpha value is -2.63. The normalized spacial score (nSPS) is 10.4. The van der Waals surface area contributed by atoms with Crippen molar-refractivity contribution in [2.24, 2.45) is 0 Å². The molecule has 0 bridgehead atoms. The van der Waals surface area contributed by atoms with E-state index in [-0.39, 0.29) is 16.9 Å². The number of methoxy groups -OCH3 is 2. The quantitative estimate of drug-likeness (QED) is 0.791. The molecule has 0 aliphatic carbocycles. The highest BCUT2D eigenvalue weighted by Gasteiger charge is 2.15. The number of ether oxygens (including phenoxy) is 2. The summed E-state index contributed by atoms with van der Waals surface area (Å²) in [6, 6.07) is 6.79. The van der Waals surface area contributed by atoms with Crippen LogP contribution < -0.4 is 15.0 Å². The molecule has 0 amide bonds. The minimum absolute atomic E-state index is 0.115. The van der Waals surface area contributed by atoms with Crippen LogP contribution in [0.3, 0.4) is 0 Å². The van der Waals surface area contributed by atoms with E-state index in [0.29, 0.717) is 29.3 Å². The zero-order valence-corrected chi connectivity index (χ0v) is 13.0. The fourth-order valence-corrected chi connectivity index (χ4v) is 2.15. The average molecular weight is 302 g/mol. The molecule has 6 heteroatoms. The van der Waals surface area contributed by atoms with Gasteiger partial charge < -0.3 is 9.47 Å². The summed E-state index contributed by atoms with van der Waals surface area (Å²) in [6.07, 6.45) is 0. The Labute approximate surface area is 128 Å². The molecule has 2 rings (SSSR count). The maximum absolute atomic E-state index is 12.1. The van der Waals surface area contributed by atoms with Crippen LogP contribution in [0.15, 0.2) is 29.1 Å². The number of aromatic nitrogens is 2. The number of hydrogen-bond donors (Lipinski definition) is 0. The van der Waals surface area contributed by atoms with Crippen molar-refractivity contribution in [2.75, 3.05) is 14.2 Å². The number of ketones is 1. The predicted octanol–water partition coefficient (Wildman–Crippen LogP) is 2.15. The average Bonchev–Trinajstić information content (AvgIpc) is 2.54. The minimum Gasteiger partial charge on any atom is -0.497 e. The highest BCUT2D eigenvalue weighted by atomic mass is 16.5. The third kappa shape index (κ3) is 2.86. The summed E-state index contributed by atoms with van der Waals surface area (Å²) in [5, 5.41) is 4.30. The Balaban J connectivity index is 2.69. The lowest BCUT2D eigenvalue weighted by Crippen LogP contribution is -2.27. The van der Waals surface area contributed by atoms with E-state index in [1.54, 1.807) is 39.3 Å². The van der Waals surface area contributed by atoms with E-state index in [1.807, 2.05) is 0 Å². The van der Waals surface area contributed by atoms with Gasteiger partial charge in [-0.05, 0) is 32.0 Å². The van der Waals surface area contributed by atoms with Crippen LogP contribution in [0.4, 0.5) is 0 Å². The molecule has 0 aliphatic rings. The molecule has 1 aromatic carbocycles. The number of aryl methyl sites for hydroxylation is 1. The molecule has 116 valence electrons. The number of rotatable bonds is 5. The topological polar surface area (TPSA) is 70.4 Å². The van der Waals surface area contributed by atoms with E-state index < -0.39 is 0 Å². The molecule has 6 nitrogen and oxygen atoms in total. The van der Waals surface area contributed by atoms with Crippen LogP contribution in [0, 0.1) is 0 Å². The second-order valence-electron chi connectivity index (χ2n) is 4.69. The Morgan fingerprint density at radius 1 is 1.23 bits per heavy atom. The Morgan fingerprint density at radius 2 is 1.95 bits per heavy atom. The zero-order chi connectivity index (χ0) is 16.3. The van der Waals surface area contributed by atoms with Crippen LogP contribution in [0.5, 0.6) is 11.5 Å². The molecule has 0 N–H and O–H groups in total. The SMILES string of the molecule is CCn1nc(-c2ccc(OC)cc2OC)cc(C(C)=O)c1=O. The molecule has 0 unspecified atom stereocenters. The number of nitrogens with zero attached hydrogens (tertiary/aromatic N) is 2. The van der Waals surface area contributed by atoms with Gasteiger partial charge in [-0.25, -0.2) is 4.68 Å². The number of Topliss-reactive ketones (excluding diaryl/α,β-unsaturated/α-hetero) is 1. The van der Waals surface area contributed by atoms with Crippen LogP contribution in [-0.4, -0.2) is 29.8 Å². The van der Waals surface area contributed by atoms with E-state index in [9.17, 15) is 9.59 Å². The second-order valence-corrected chi connectivity index (χ2v) is 4.69. The van der Waals surface area contributed by atoms with Crippen molar-refractivity contribution in [1.82, 2.24) is 9.78 Å². The standard InChI is InChI=1S/C16H18N2O4/c1-5-18-16(20)13(10(2)19)9-14(17-18)12-7-6-11(21-3)8-15(12)22-4/h6-9H,5H2,1-4H3. The fraction of sp³-hybridized carbons (Fsp3) is 0.312. The van der Waals surface area contributed by atoms with Crippen molar-refractivity contribution in [3.63, 3.8) is 0 Å². The van der Waals surface area contributed by atoms with Crippen molar-refractivity contribution in [3.05, 3.63) is 40.2 Å². The van der Waals surface area contributed by atoms with Crippen LogP contribution >= 0.6 is 0 Å². The number of benzene rings is 1. The summed E-state index contributed by atoms with van der Waals surface area (Å²) >= 11 is 0. The predicted molar refractivity (Wildman–Crippen MR) is 82.7 cm³/mol. The van der Waals surface area contributed by atoms with Gasteiger partial charge in [-0.2, -0.15) is 5.10 Å². The van der Waals surface area contributed by atoms with E-state index in [0.717, 1.165) is 0 Å². The maximum Gasteiger partial charge on any atom is 0.277 e. The van der Waals surface area contributed by atoms with Gasteiger partial charge in [-0.15, -0.1) is 0 Å². The molecule has 0 spiro atoms. The van der Waals surface area contributed by atoms with Crippen molar-refractivity contribution in [2.45, 2.75) is 20.4 Å². The van der Waals surface area contributed by atoms with Crippen LogP contribution in [0.25, 0.3) is 11.3 Å². The monoisotopic (exact) mass is 302 g/mol. The molecule has 0 saturated carbocycles. The van der Waals surface area contributed by atoms with E-state index in [1.165, 1.54) is 17.7 Å². The molecule has 0 aliphatic heterocycles. The largest absolute Gasteiger partial charge is 0.497 e. The molecule has 0 radical (unpaired) electrons. The third-order valence-corrected chi connectivity index (χ3v) is 3.34. The molecule has 1 aromatic heterocycles. The fourth-order valence-electron chi connectivity index (χ4n) is 2.15. The summed E-state index contributed by atoms with van der Waals surface area (Å²) in [5.41, 5.74) is 0.926. The second kappa shape index (κ2) is 6.43. The highest BCUT2D eigenvalue weighted by molar-refractivity contribution is 5.94. The lowest BCUT2D eigenvalue weighted by atomic mass is 10.1. The third-order valence-electron chi connectivity index (χ3n) is 3.34. The van der Waals surface area contributed by atoms with Gasteiger partial charge in [0.05, 0.1) is 25.5 Å². The summed E-state index contributed by atoms with van der Waals surface area (Å²) in [6.45, 7) is 3.55. The first-order valence-electron chi connectivity index (χ1n) is 6.87. The summed E-state index contributed by atoms with van der Waals surface area (Å²) in [5.74, 6) is 0.919. The van der Waals surface area contributed by atoms with Gasteiger partial charge in [0.15, 0.2) is 5.78 Å². The van der Waals surface area contributed by atoms with Gasteiger partial charge in [-0.3, -0.25) is 9.59 Å². The number of carbonyl (C=O) groups is 1. The Morgan fingerprint density at radius 3 is 2.50 bits per heavy atom. The lowest BCUT2D eigenvalue weighted by Gasteiger charge is -2.12.